The van der Waals surface area contributed by atoms with Gasteiger partial charge in [-0.1, -0.05) is 30.3 Å². The topological polar surface area (TPSA) is 30.7 Å². The van der Waals surface area contributed by atoms with Gasteiger partial charge in [0.2, 0.25) is 0 Å². The molecule has 2 heterocycles. The van der Waals surface area contributed by atoms with Crippen molar-refractivity contribution in [3.63, 3.8) is 0 Å². The van der Waals surface area contributed by atoms with Gasteiger partial charge in [0.25, 0.3) is 0 Å². The molecule has 0 saturated heterocycles. The highest BCUT2D eigenvalue weighted by Crippen LogP contribution is 2.35. The van der Waals surface area contributed by atoms with Crippen molar-refractivity contribution in [2.75, 3.05) is 0 Å². The Morgan fingerprint density at radius 3 is 2.65 bits per heavy atom. The molecule has 4 rings (SSSR count). The first-order valence-corrected chi connectivity index (χ1v) is 7.27. The van der Waals surface area contributed by atoms with Gasteiger partial charge in [-0.05, 0) is 37.0 Å². The SMILES string of the molecule is c1ccc(Cc2nc3cccnc3n2C2CCC2)cc1. The van der Waals surface area contributed by atoms with Crippen molar-refractivity contribution in [1.29, 1.82) is 0 Å². The van der Waals surface area contributed by atoms with E-state index in [-0.39, 0.29) is 0 Å². The summed E-state index contributed by atoms with van der Waals surface area (Å²) in [5.74, 6) is 1.15. The van der Waals surface area contributed by atoms with Crippen LogP contribution in [0.25, 0.3) is 11.2 Å². The van der Waals surface area contributed by atoms with Crippen LogP contribution in [0.4, 0.5) is 0 Å². The summed E-state index contributed by atoms with van der Waals surface area (Å²) in [5.41, 5.74) is 3.37. The third kappa shape index (κ3) is 1.90. The second kappa shape index (κ2) is 4.75. The van der Waals surface area contributed by atoms with E-state index in [1.807, 2.05) is 12.3 Å². The van der Waals surface area contributed by atoms with E-state index in [1.54, 1.807) is 0 Å². The molecule has 0 radical (unpaired) electrons. The maximum Gasteiger partial charge on any atom is 0.160 e. The Labute approximate surface area is 118 Å². The quantitative estimate of drug-likeness (QED) is 0.720. The Morgan fingerprint density at radius 2 is 1.90 bits per heavy atom. The number of pyridine rings is 1. The fourth-order valence-corrected chi connectivity index (χ4v) is 2.91. The molecule has 2 aromatic heterocycles. The number of nitrogens with zero attached hydrogens (tertiary/aromatic N) is 3. The first kappa shape index (κ1) is 11.6. The highest BCUT2D eigenvalue weighted by atomic mass is 15.2. The zero-order valence-corrected chi connectivity index (χ0v) is 11.4. The largest absolute Gasteiger partial charge is 0.309 e. The van der Waals surface area contributed by atoms with Gasteiger partial charge >= 0.3 is 0 Å². The molecule has 1 aliphatic rings. The molecule has 100 valence electrons. The summed E-state index contributed by atoms with van der Waals surface area (Å²) in [4.78, 5) is 9.36. The van der Waals surface area contributed by atoms with Crippen LogP contribution in [0.3, 0.4) is 0 Å². The lowest BCUT2D eigenvalue weighted by Gasteiger charge is -2.28. The van der Waals surface area contributed by atoms with Crippen molar-refractivity contribution < 1.29 is 0 Å². The third-order valence-corrected chi connectivity index (χ3v) is 4.17. The summed E-state index contributed by atoms with van der Waals surface area (Å²) in [6.45, 7) is 0. The van der Waals surface area contributed by atoms with E-state index in [1.165, 1.54) is 24.8 Å². The van der Waals surface area contributed by atoms with Crippen molar-refractivity contribution in [2.24, 2.45) is 0 Å². The second-order valence-electron chi connectivity index (χ2n) is 5.49. The predicted octanol–water partition coefficient (Wildman–Crippen LogP) is 3.75. The maximum absolute atomic E-state index is 4.81. The van der Waals surface area contributed by atoms with Crippen LogP contribution in [0.1, 0.15) is 36.7 Å². The molecule has 3 heteroatoms. The summed E-state index contributed by atoms with van der Waals surface area (Å²) in [6.07, 6.45) is 6.58. The standard InChI is InChI=1S/C17H17N3/c1-2-6-13(7-3-1)12-16-19-15-10-5-11-18-17(15)20(16)14-8-4-9-14/h1-3,5-7,10-11,14H,4,8-9,12H2. The first-order chi connectivity index (χ1) is 9.92. The molecule has 1 aromatic carbocycles. The van der Waals surface area contributed by atoms with E-state index in [0.29, 0.717) is 6.04 Å². The molecular formula is C17H17N3. The average Bonchev–Trinajstić information content (AvgIpc) is 2.77. The van der Waals surface area contributed by atoms with Crippen molar-refractivity contribution in [2.45, 2.75) is 31.7 Å². The van der Waals surface area contributed by atoms with Crippen molar-refractivity contribution in [3.8, 4) is 0 Å². The predicted molar refractivity (Wildman–Crippen MR) is 79.7 cm³/mol. The molecule has 3 aromatic rings. The number of imidazole rings is 1. The van der Waals surface area contributed by atoms with Crippen molar-refractivity contribution in [3.05, 3.63) is 60.0 Å². The number of rotatable bonds is 3. The Hall–Kier alpha value is -2.16. The summed E-state index contributed by atoms with van der Waals surface area (Å²) >= 11 is 0. The van der Waals surface area contributed by atoms with Gasteiger partial charge in [0.15, 0.2) is 5.65 Å². The van der Waals surface area contributed by atoms with E-state index in [9.17, 15) is 0 Å². The van der Waals surface area contributed by atoms with Crippen LogP contribution in [0.15, 0.2) is 48.7 Å². The lowest BCUT2D eigenvalue weighted by Crippen LogP contribution is -2.19. The molecule has 0 aliphatic heterocycles. The van der Waals surface area contributed by atoms with Gasteiger partial charge in [-0.15, -0.1) is 0 Å². The molecule has 20 heavy (non-hydrogen) atoms. The van der Waals surface area contributed by atoms with E-state index >= 15 is 0 Å². The van der Waals surface area contributed by atoms with Gasteiger partial charge in [-0.25, -0.2) is 9.97 Å². The van der Waals surface area contributed by atoms with Gasteiger partial charge in [-0.2, -0.15) is 0 Å². The smallest absolute Gasteiger partial charge is 0.160 e. The molecule has 0 amide bonds. The fraction of sp³-hybridized carbons (Fsp3) is 0.294. The lowest BCUT2D eigenvalue weighted by molar-refractivity contribution is 0.313. The first-order valence-electron chi connectivity index (χ1n) is 7.27. The molecule has 3 nitrogen and oxygen atoms in total. The molecule has 0 N–H and O–H groups in total. The normalized spacial score (nSPS) is 15.4. The molecular weight excluding hydrogens is 246 g/mol. The Kier molecular flexibility index (Phi) is 2.76. The van der Waals surface area contributed by atoms with E-state index < -0.39 is 0 Å². The molecule has 1 fully saturated rings. The number of hydrogen-bond acceptors (Lipinski definition) is 2. The van der Waals surface area contributed by atoms with E-state index in [2.05, 4.69) is 45.9 Å². The van der Waals surface area contributed by atoms with Crippen LogP contribution >= 0.6 is 0 Å². The molecule has 1 aliphatic carbocycles. The zero-order chi connectivity index (χ0) is 13.4. The third-order valence-electron chi connectivity index (χ3n) is 4.17. The van der Waals surface area contributed by atoms with Gasteiger partial charge in [0.05, 0.1) is 0 Å². The lowest BCUT2D eigenvalue weighted by atomic mass is 9.92. The Morgan fingerprint density at radius 1 is 1.05 bits per heavy atom. The summed E-state index contributed by atoms with van der Waals surface area (Å²) in [7, 11) is 0. The van der Waals surface area contributed by atoms with Crippen LogP contribution in [-0.4, -0.2) is 14.5 Å². The molecule has 0 bridgehead atoms. The monoisotopic (exact) mass is 263 g/mol. The summed E-state index contributed by atoms with van der Waals surface area (Å²) < 4.78 is 2.37. The molecule has 0 atom stereocenters. The van der Waals surface area contributed by atoms with Crippen molar-refractivity contribution >= 4 is 11.2 Å². The number of hydrogen-bond donors (Lipinski definition) is 0. The Bertz CT molecular complexity index is 726. The van der Waals surface area contributed by atoms with Crippen LogP contribution < -0.4 is 0 Å². The van der Waals surface area contributed by atoms with E-state index in [0.717, 1.165) is 23.4 Å². The van der Waals surface area contributed by atoms with Crippen LogP contribution in [-0.2, 0) is 6.42 Å². The minimum absolute atomic E-state index is 0.591. The van der Waals surface area contributed by atoms with Crippen LogP contribution in [0, 0.1) is 0 Å². The summed E-state index contributed by atoms with van der Waals surface area (Å²) in [6, 6.07) is 15.2. The average molecular weight is 263 g/mol. The minimum atomic E-state index is 0.591. The van der Waals surface area contributed by atoms with Crippen LogP contribution in [0.5, 0.6) is 0 Å². The zero-order valence-electron chi connectivity index (χ0n) is 11.4. The van der Waals surface area contributed by atoms with Crippen molar-refractivity contribution in [1.82, 2.24) is 14.5 Å². The van der Waals surface area contributed by atoms with Gasteiger partial charge in [0, 0.05) is 18.7 Å². The molecule has 1 saturated carbocycles. The Balaban J connectivity index is 1.81. The number of fused-ring (bicyclic) bond motifs is 1. The number of benzene rings is 1. The highest BCUT2D eigenvalue weighted by molar-refractivity contribution is 5.71. The fourth-order valence-electron chi connectivity index (χ4n) is 2.91. The second-order valence-corrected chi connectivity index (χ2v) is 5.49. The molecule has 0 unspecified atom stereocenters. The van der Waals surface area contributed by atoms with Gasteiger partial charge in [-0.3, -0.25) is 0 Å². The van der Waals surface area contributed by atoms with E-state index in [4.69, 9.17) is 4.98 Å². The summed E-state index contributed by atoms with van der Waals surface area (Å²) in [5, 5.41) is 0. The van der Waals surface area contributed by atoms with Crippen LogP contribution in [0.2, 0.25) is 0 Å². The molecule has 0 spiro atoms. The number of aromatic nitrogens is 3. The van der Waals surface area contributed by atoms with Gasteiger partial charge in [0.1, 0.15) is 11.3 Å². The maximum atomic E-state index is 4.81. The van der Waals surface area contributed by atoms with Gasteiger partial charge < -0.3 is 4.57 Å². The minimum Gasteiger partial charge on any atom is -0.309 e. The highest BCUT2D eigenvalue weighted by Gasteiger charge is 2.25.